The molecule has 0 saturated heterocycles. The Kier molecular flexibility index (Phi) is 6.06. The summed E-state index contributed by atoms with van der Waals surface area (Å²) in [5.74, 6) is 0.551. The molecule has 1 heterocycles. The summed E-state index contributed by atoms with van der Waals surface area (Å²) in [4.78, 5) is 0. The lowest BCUT2D eigenvalue weighted by atomic mass is 10.2. The van der Waals surface area contributed by atoms with Gasteiger partial charge in [0.05, 0.1) is 19.3 Å². The van der Waals surface area contributed by atoms with E-state index in [0.29, 0.717) is 24.0 Å². The number of nitrogens with zero attached hydrogens (tertiary/aromatic N) is 2. The van der Waals surface area contributed by atoms with Crippen LogP contribution in [0.3, 0.4) is 0 Å². The number of benzene rings is 1. The highest BCUT2D eigenvalue weighted by molar-refractivity contribution is 8.01. The van der Waals surface area contributed by atoms with Crippen LogP contribution < -0.4 is 0 Å². The quantitative estimate of drug-likeness (QED) is 0.796. The van der Waals surface area contributed by atoms with Gasteiger partial charge in [0.15, 0.2) is 4.34 Å². The summed E-state index contributed by atoms with van der Waals surface area (Å²) >= 11 is 8.74. The first kappa shape index (κ1) is 14.7. The van der Waals surface area contributed by atoms with Gasteiger partial charge in [-0.2, -0.15) is 0 Å². The Bertz CT molecular complexity index is 479. The number of aliphatic hydroxyl groups is 1. The van der Waals surface area contributed by atoms with E-state index in [0.717, 1.165) is 9.90 Å². The fourth-order valence-electron chi connectivity index (χ4n) is 1.33. The summed E-state index contributed by atoms with van der Waals surface area (Å²) < 4.78 is 6.31. The molecule has 0 bridgehead atoms. The normalized spacial score (nSPS) is 12.5. The molecule has 1 atom stereocenters. The Morgan fingerprint density at radius 2 is 2.16 bits per heavy atom. The Labute approximate surface area is 124 Å². The topological polar surface area (TPSA) is 55.2 Å². The number of ether oxygens (including phenoxy) is 1. The van der Waals surface area contributed by atoms with Crippen LogP contribution in [0, 0.1) is 0 Å². The molecule has 1 aromatic heterocycles. The Morgan fingerprint density at radius 3 is 2.84 bits per heavy atom. The molecule has 0 aliphatic rings. The Balaban J connectivity index is 1.63. The summed E-state index contributed by atoms with van der Waals surface area (Å²) in [6, 6.07) is 7.46. The van der Waals surface area contributed by atoms with E-state index in [9.17, 15) is 5.11 Å². The van der Waals surface area contributed by atoms with Gasteiger partial charge in [0.2, 0.25) is 0 Å². The molecule has 0 saturated carbocycles. The van der Waals surface area contributed by atoms with Crippen molar-refractivity contribution in [1.82, 2.24) is 10.2 Å². The van der Waals surface area contributed by atoms with Crippen LogP contribution in [0.4, 0.5) is 0 Å². The van der Waals surface area contributed by atoms with Gasteiger partial charge in [-0.15, -0.1) is 10.2 Å². The number of hydrogen-bond donors (Lipinski definition) is 1. The number of aromatic nitrogens is 2. The van der Waals surface area contributed by atoms with Crippen LogP contribution in [0.15, 0.2) is 34.1 Å². The van der Waals surface area contributed by atoms with E-state index in [4.69, 9.17) is 16.3 Å². The number of thioether (sulfide) groups is 1. The number of aliphatic hydroxyl groups excluding tert-OH is 1. The maximum absolute atomic E-state index is 9.76. The third-order valence-corrected chi connectivity index (χ3v) is 4.49. The van der Waals surface area contributed by atoms with Gasteiger partial charge >= 0.3 is 0 Å². The zero-order chi connectivity index (χ0) is 13.5. The van der Waals surface area contributed by atoms with Crippen LogP contribution >= 0.6 is 34.7 Å². The highest BCUT2D eigenvalue weighted by atomic mass is 35.5. The van der Waals surface area contributed by atoms with Gasteiger partial charge in [-0.05, 0) is 17.7 Å². The highest BCUT2D eigenvalue weighted by Gasteiger charge is 2.07. The van der Waals surface area contributed by atoms with Crippen molar-refractivity contribution in [1.29, 1.82) is 0 Å². The third kappa shape index (κ3) is 5.46. The van der Waals surface area contributed by atoms with Crippen molar-refractivity contribution in [3.63, 3.8) is 0 Å². The van der Waals surface area contributed by atoms with Gasteiger partial charge in [0, 0.05) is 10.8 Å². The fraction of sp³-hybridized carbons (Fsp3) is 0.333. The maximum Gasteiger partial charge on any atom is 0.174 e. The predicted molar refractivity (Wildman–Crippen MR) is 77.7 cm³/mol. The van der Waals surface area contributed by atoms with Crippen LogP contribution in [0.25, 0.3) is 0 Å². The number of hydrogen-bond acceptors (Lipinski definition) is 6. The van der Waals surface area contributed by atoms with Crippen LogP contribution in [0.1, 0.15) is 5.56 Å². The summed E-state index contributed by atoms with van der Waals surface area (Å²) in [6.07, 6.45) is -0.513. The summed E-state index contributed by atoms with van der Waals surface area (Å²) in [7, 11) is 0. The molecule has 2 aromatic rings. The number of rotatable bonds is 7. The minimum absolute atomic E-state index is 0.300. The minimum atomic E-state index is -0.513. The third-order valence-electron chi connectivity index (χ3n) is 2.23. The average molecular weight is 317 g/mol. The van der Waals surface area contributed by atoms with E-state index in [1.165, 1.54) is 23.1 Å². The van der Waals surface area contributed by atoms with Gasteiger partial charge in [0.25, 0.3) is 0 Å². The minimum Gasteiger partial charge on any atom is -0.390 e. The standard InChI is InChI=1S/C12H13ClN2O2S2/c13-10-3-1-9(2-4-10)5-17-6-11(16)7-18-12-15-14-8-19-12/h1-4,8,11,16H,5-7H2. The molecule has 7 heteroatoms. The summed E-state index contributed by atoms with van der Waals surface area (Å²) in [5, 5.41) is 18.1. The first-order valence-electron chi connectivity index (χ1n) is 5.63. The average Bonchev–Trinajstić information content (AvgIpc) is 2.92. The van der Waals surface area contributed by atoms with Gasteiger partial charge in [-0.1, -0.05) is 46.8 Å². The van der Waals surface area contributed by atoms with Gasteiger partial charge in [-0.3, -0.25) is 0 Å². The van der Waals surface area contributed by atoms with Crippen LogP contribution in [0.2, 0.25) is 5.02 Å². The zero-order valence-corrected chi connectivity index (χ0v) is 12.4. The lowest BCUT2D eigenvalue weighted by Crippen LogP contribution is -2.17. The van der Waals surface area contributed by atoms with Crippen molar-refractivity contribution in [3.05, 3.63) is 40.4 Å². The van der Waals surface area contributed by atoms with Crippen molar-refractivity contribution in [2.24, 2.45) is 0 Å². The highest BCUT2D eigenvalue weighted by Crippen LogP contribution is 2.19. The molecule has 0 aliphatic heterocycles. The van der Waals surface area contributed by atoms with Crippen molar-refractivity contribution >= 4 is 34.7 Å². The molecule has 1 aromatic carbocycles. The molecular weight excluding hydrogens is 304 g/mol. The van der Waals surface area contributed by atoms with E-state index in [1.54, 1.807) is 5.51 Å². The summed E-state index contributed by atoms with van der Waals surface area (Å²) in [6.45, 7) is 0.770. The smallest absolute Gasteiger partial charge is 0.174 e. The second kappa shape index (κ2) is 7.81. The van der Waals surface area contributed by atoms with Crippen molar-refractivity contribution in [3.8, 4) is 0 Å². The second-order valence-corrected chi connectivity index (χ2v) is 6.35. The fourth-order valence-corrected chi connectivity index (χ4v) is 2.88. The van der Waals surface area contributed by atoms with E-state index >= 15 is 0 Å². The van der Waals surface area contributed by atoms with Gasteiger partial charge in [-0.25, -0.2) is 0 Å². The largest absolute Gasteiger partial charge is 0.390 e. The number of halogens is 1. The molecule has 0 aliphatic carbocycles. The molecule has 0 amide bonds. The molecule has 1 N–H and O–H groups in total. The van der Waals surface area contributed by atoms with E-state index in [-0.39, 0.29) is 0 Å². The lowest BCUT2D eigenvalue weighted by molar-refractivity contribution is 0.0398. The van der Waals surface area contributed by atoms with Crippen LogP contribution in [-0.2, 0) is 11.3 Å². The van der Waals surface area contributed by atoms with Crippen molar-refractivity contribution in [2.75, 3.05) is 12.4 Å². The molecule has 4 nitrogen and oxygen atoms in total. The van der Waals surface area contributed by atoms with Crippen LogP contribution in [-0.4, -0.2) is 33.8 Å². The summed E-state index contributed by atoms with van der Waals surface area (Å²) in [5.41, 5.74) is 2.71. The zero-order valence-electron chi connectivity index (χ0n) is 10.0. The lowest BCUT2D eigenvalue weighted by Gasteiger charge is -2.10. The molecule has 0 spiro atoms. The molecule has 0 fully saturated rings. The SMILES string of the molecule is OC(COCc1ccc(Cl)cc1)CSc1nncs1. The van der Waals surface area contributed by atoms with E-state index < -0.39 is 6.10 Å². The molecule has 19 heavy (non-hydrogen) atoms. The molecule has 1 unspecified atom stereocenters. The first-order valence-corrected chi connectivity index (χ1v) is 7.87. The Hall–Kier alpha value is -0.660. The van der Waals surface area contributed by atoms with Crippen LogP contribution in [0.5, 0.6) is 0 Å². The van der Waals surface area contributed by atoms with Crippen molar-refractivity contribution in [2.45, 2.75) is 17.1 Å². The predicted octanol–water partition coefficient (Wildman–Crippen LogP) is 2.86. The van der Waals surface area contributed by atoms with Gasteiger partial charge in [0.1, 0.15) is 5.51 Å². The Morgan fingerprint density at radius 1 is 1.37 bits per heavy atom. The molecule has 102 valence electrons. The van der Waals surface area contributed by atoms with E-state index in [1.807, 2.05) is 24.3 Å². The molecule has 0 radical (unpaired) electrons. The van der Waals surface area contributed by atoms with Crippen molar-refractivity contribution < 1.29 is 9.84 Å². The van der Waals surface area contributed by atoms with E-state index in [2.05, 4.69) is 10.2 Å². The first-order chi connectivity index (χ1) is 9.24. The molecular formula is C12H13ClN2O2S2. The monoisotopic (exact) mass is 316 g/mol. The maximum atomic E-state index is 9.76. The van der Waals surface area contributed by atoms with Gasteiger partial charge < -0.3 is 9.84 Å². The molecule has 2 rings (SSSR count). The second-order valence-electron chi connectivity index (χ2n) is 3.81.